The third-order valence-electron chi connectivity index (χ3n) is 5.16. The highest BCUT2D eigenvalue weighted by atomic mass is 32.1. The lowest BCUT2D eigenvalue weighted by atomic mass is 10.0. The molecule has 4 rings (SSSR count). The number of hydrogen-bond acceptors (Lipinski definition) is 4. The number of methoxy groups -OCH3 is 1. The van der Waals surface area contributed by atoms with E-state index in [-0.39, 0.29) is 17.8 Å². The number of aromatic hydroxyl groups is 1. The van der Waals surface area contributed by atoms with E-state index in [1.807, 2.05) is 48.8 Å². The minimum absolute atomic E-state index is 0.0157. The molecule has 0 saturated carbocycles. The molecular formula is C22H24N4O2S. The predicted octanol–water partition coefficient (Wildman–Crippen LogP) is 3.59. The van der Waals surface area contributed by atoms with Gasteiger partial charge >= 0.3 is 0 Å². The van der Waals surface area contributed by atoms with Crippen molar-refractivity contribution in [1.82, 2.24) is 19.8 Å². The van der Waals surface area contributed by atoms with Crippen molar-refractivity contribution < 1.29 is 9.84 Å². The summed E-state index contributed by atoms with van der Waals surface area (Å²) in [5, 5.41) is 13.9. The van der Waals surface area contributed by atoms with Crippen LogP contribution in [0.15, 0.2) is 67.0 Å². The third-order valence-corrected chi connectivity index (χ3v) is 5.51. The number of rotatable bonds is 7. The molecule has 3 heterocycles. The quantitative estimate of drug-likeness (QED) is 0.460. The van der Waals surface area contributed by atoms with E-state index in [0.717, 1.165) is 35.2 Å². The van der Waals surface area contributed by atoms with Crippen molar-refractivity contribution in [1.29, 1.82) is 0 Å². The monoisotopic (exact) mass is 408 g/mol. The molecule has 2 N–H and O–H groups in total. The third kappa shape index (κ3) is 3.97. The smallest absolute Gasteiger partial charge is 0.170 e. The van der Waals surface area contributed by atoms with E-state index in [4.69, 9.17) is 17.0 Å². The fourth-order valence-corrected chi connectivity index (χ4v) is 4.16. The number of benzene rings is 1. The maximum absolute atomic E-state index is 9.66. The summed E-state index contributed by atoms with van der Waals surface area (Å²) in [6.45, 7) is 1.47. The molecule has 2 atom stereocenters. The van der Waals surface area contributed by atoms with Crippen molar-refractivity contribution in [2.75, 3.05) is 20.3 Å². The summed E-state index contributed by atoms with van der Waals surface area (Å²) in [4.78, 5) is 6.81. The molecule has 3 aromatic rings. The summed E-state index contributed by atoms with van der Waals surface area (Å²) in [6.07, 6.45) is 4.72. The number of thiocarbonyl (C=S) groups is 1. The minimum atomic E-state index is -0.0583. The van der Waals surface area contributed by atoms with Crippen molar-refractivity contribution >= 4 is 17.3 Å². The van der Waals surface area contributed by atoms with Gasteiger partial charge in [-0.1, -0.05) is 6.07 Å². The summed E-state index contributed by atoms with van der Waals surface area (Å²) >= 11 is 5.70. The van der Waals surface area contributed by atoms with Crippen LogP contribution in [0, 0.1) is 0 Å². The van der Waals surface area contributed by atoms with E-state index in [2.05, 4.69) is 25.8 Å². The number of aromatic nitrogens is 2. The van der Waals surface area contributed by atoms with Gasteiger partial charge in [0.1, 0.15) is 5.75 Å². The van der Waals surface area contributed by atoms with Crippen molar-refractivity contribution in [2.45, 2.75) is 18.5 Å². The van der Waals surface area contributed by atoms with Crippen LogP contribution in [0.3, 0.4) is 0 Å². The standard InChI is InChI=1S/C22H24N4O2S/c1-28-15-5-14-26-21(20(24-22(26)29)18-6-2-3-12-23-18)19-7-4-13-25(19)16-8-10-17(27)11-9-16/h2-4,6-13,20-21,27H,5,14-15H2,1H3,(H,24,29)/t20-,21-/m0/s1. The average molecular weight is 409 g/mol. The Morgan fingerprint density at radius 1 is 1.14 bits per heavy atom. The first-order chi connectivity index (χ1) is 14.2. The van der Waals surface area contributed by atoms with Crippen LogP contribution < -0.4 is 5.32 Å². The maximum Gasteiger partial charge on any atom is 0.170 e. The van der Waals surface area contributed by atoms with E-state index >= 15 is 0 Å². The number of nitrogens with one attached hydrogen (secondary N) is 1. The van der Waals surface area contributed by atoms with Crippen LogP contribution in [0.5, 0.6) is 5.75 Å². The molecule has 150 valence electrons. The zero-order chi connectivity index (χ0) is 20.2. The molecule has 1 aromatic carbocycles. The highest BCUT2D eigenvalue weighted by Gasteiger charge is 2.40. The van der Waals surface area contributed by atoms with Crippen molar-refractivity contribution in [2.24, 2.45) is 0 Å². The number of phenols is 1. The van der Waals surface area contributed by atoms with Gasteiger partial charge in [0.2, 0.25) is 0 Å². The van der Waals surface area contributed by atoms with Crippen molar-refractivity contribution in [3.05, 3.63) is 78.4 Å². The second-order valence-electron chi connectivity index (χ2n) is 6.99. The summed E-state index contributed by atoms with van der Waals surface area (Å²) in [6, 6.07) is 17.2. The van der Waals surface area contributed by atoms with E-state index in [1.165, 1.54) is 0 Å². The number of nitrogens with zero attached hydrogens (tertiary/aromatic N) is 3. The summed E-state index contributed by atoms with van der Waals surface area (Å²) in [7, 11) is 1.71. The SMILES string of the molecule is COCCCN1C(=S)N[C@@H](c2ccccn2)[C@@H]1c1cccn1-c1ccc(O)cc1. The number of ether oxygens (including phenoxy) is 1. The van der Waals surface area contributed by atoms with Gasteiger partial charge < -0.3 is 24.6 Å². The number of hydrogen-bond donors (Lipinski definition) is 2. The van der Waals surface area contributed by atoms with Gasteiger partial charge in [0.25, 0.3) is 0 Å². The Labute approximate surface area is 175 Å². The van der Waals surface area contributed by atoms with Crippen LogP contribution in [-0.4, -0.2) is 44.9 Å². The first-order valence-electron chi connectivity index (χ1n) is 9.62. The van der Waals surface area contributed by atoms with Crippen LogP contribution in [0.1, 0.15) is 29.9 Å². The van der Waals surface area contributed by atoms with E-state index in [1.54, 1.807) is 19.2 Å². The zero-order valence-electron chi connectivity index (χ0n) is 16.2. The molecule has 6 nitrogen and oxygen atoms in total. The molecule has 1 fully saturated rings. The van der Waals surface area contributed by atoms with E-state index in [9.17, 15) is 5.11 Å². The predicted molar refractivity (Wildman–Crippen MR) is 116 cm³/mol. The lowest BCUT2D eigenvalue weighted by Crippen LogP contribution is -2.32. The van der Waals surface area contributed by atoms with Crippen LogP contribution >= 0.6 is 12.2 Å². The van der Waals surface area contributed by atoms with Crippen molar-refractivity contribution in [3.63, 3.8) is 0 Å². The molecule has 0 aliphatic carbocycles. The van der Waals surface area contributed by atoms with E-state index < -0.39 is 0 Å². The van der Waals surface area contributed by atoms with Gasteiger partial charge in [-0.25, -0.2) is 0 Å². The van der Waals surface area contributed by atoms with Gasteiger partial charge in [0, 0.05) is 44.0 Å². The van der Waals surface area contributed by atoms with E-state index in [0.29, 0.717) is 6.61 Å². The second kappa shape index (κ2) is 8.63. The summed E-state index contributed by atoms with van der Waals surface area (Å²) in [5.41, 5.74) is 3.04. The van der Waals surface area contributed by atoms with Gasteiger partial charge in [-0.2, -0.15) is 0 Å². The molecular weight excluding hydrogens is 384 g/mol. The highest BCUT2D eigenvalue weighted by Crippen LogP contribution is 2.39. The first-order valence-corrected chi connectivity index (χ1v) is 10.0. The van der Waals surface area contributed by atoms with Crippen LogP contribution in [0.4, 0.5) is 0 Å². The topological polar surface area (TPSA) is 62.5 Å². The molecule has 0 unspecified atom stereocenters. The Kier molecular flexibility index (Phi) is 5.78. The first kappa shape index (κ1) is 19.4. The lowest BCUT2D eigenvalue weighted by molar-refractivity contribution is 0.180. The lowest BCUT2D eigenvalue weighted by Gasteiger charge is -2.29. The van der Waals surface area contributed by atoms with Crippen LogP contribution in [0.25, 0.3) is 5.69 Å². The summed E-state index contributed by atoms with van der Waals surface area (Å²) in [5.74, 6) is 0.249. The molecule has 0 radical (unpaired) electrons. The van der Waals surface area contributed by atoms with Gasteiger partial charge in [-0.05, 0) is 67.2 Å². The Morgan fingerprint density at radius 3 is 2.69 bits per heavy atom. The van der Waals surface area contributed by atoms with Crippen LogP contribution in [-0.2, 0) is 4.74 Å². The average Bonchev–Trinajstić information content (AvgIpc) is 3.34. The van der Waals surface area contributed by atoms with Crippen LogP contribution in [0.2, 0.25) is 0 Å². The highest BCUT2D eigenvalue weighted by molar-refractivity contribution is 7.80. The van der Waals surface area contributed by atoms with Gasteiger partial charge in [-0.3, -0.25) is 4.98 Å². The molecule has 1 aliphatic heterocycles. The minimum Gasteiger partial charge on any atom is -0.508 e. The molecule has 29 heavy (non-hydrogen) atoms. The molecule has 0 spiro atoms. The normalized spacial score (nSPS) is 18.8. The fourth-order valence-electron chi connectivity index (χ4n) is 3.83. The molecule has 7 heteroatoms. The zero-order valence-corrected chi connectivity index (χ0v) is 17.0. The van der Waals surface area contributed by atoms with Crippen molar-refractivity contribution in [3.8, 4) is 11.4 Å². The van der Waals surface area contributed by atoms with Gasteiger partial charge in [-0.15, -0.1) is 0 Å². The molecule has 1 saturated heterocycles. The summed E-state index contributed by atoms with van der Waals surface area (Å²) < 4.78 is 7.38. The molecule has 1 aliphatic rings. The Bertz CT molecular complexity index is 958. The molecule has 0 amide bonds. The number of phenolic OH excluding ortho intramolecular Hbond substituents is 1. The van der Waals surface area contributed by atoms with Gasteiger partial charge in [0.15, 0.2) is 5.11 Å². The Balaban J connectivity index is 1.75. The Morgan fingerprint density at radius 2 is 1.97 bits per heavy atom. The molecule has 2 aromatic heterocycles. The largest absolute Gasteiger partial charge is 0.508 e. The Hall–Kier alpha value is -2.90. The maximum atomic E-state index is 9.66. The molecule has 0 bridgehead atoms. The number of pyridine rings is 1. The van der Waals surface area contributed by atoms with Gasteiger partial charge in [0.05, 0.1) is 17.8 Å². The fraction of sp³-hybridized carbons (Fsp3) is 0.273. The second-order valence-corrected chi connectivity index (χ2v) is 7.37.